The van der Waals surface area contributed by atoms with Crippen molar-refractivity contribution in [2.45, 2.75) is 57.9 Å². The smallest absolute Gasteiger partial charge is 0.315 e. The van der Waals surface area contributed by atoms with Gasteiger partial charge in [-0.3, -0.25) is 0 Å². The lowest BCUT2D eigenvalue weighted by Gasteiger charge is -2.40. The minimum Gasteiger partial charge on any atom is -0.354 e. The van der Waals surface area contributed by atoms with Gasteiger partial charge in [-0.2, -0.15) is 5.10 Å². The van der Waals surface area contributed by atoms with Crippen molar-refractivity contribution in [3.05, 3.63) is 17.8 Å². The molecule has 2 N–H and O–H groups in total. The average molecular weight is 331 g/mol. The zero-order valence-electron chi connectivity index (χ0n) is 15.0. The first-order valence-electron chi connectivity index (χ1n) is 9.05. The van der Waals surface area contributed by atoms with E-state index in [1.165, 1.54) is 12.8 Å². The molecule has 6 nitrogen and oxygen atoms in total. The lowest BCUT2D eigenvalue weighted by atomic mass is 9.92. The Morgan fingerprint density at radius 3 is 2.50 bits per heavy atom. The predicted octanol–water partition coefficient (Wildman–Crippen LogP) is 2.45. The van der Waals surface area contributed by atoms with Crippen LogP contribution in [0.5, 0.6) is 0 Å². The van der Waals surface area contributed by atoms with E-state index in [9.17, 15) is 4.79 Å². The molecule has 2 aliphatic rings. The van der Waals surface area contributed by atoms with Gasteiger partial charge in [0, 0.05) is 37.0 Å². The van der Waals surface area contributed by atoms with Crippen LogP contribution in [-0.4, -0.2) is 41.9 Å². The van der Waals surface area contributed by atoms with Crippen LogP contribution in [0.1, 0.15) is 52.1 Å². The molecule has 0 bridgehead atoms. The van der Waals surface area contributed by atoms with E-state index in [-0.39, 0.29) is 11.4 Å². The Morgan fingerprint density at radius 1 is 1.21 bits per heavy atom. The van der Waals surface area contributed by atoms with E-state index < -0.39 is 0 Å². The molecule has 1 aromatic heterocycles. The van der Waals surface area contributed by atoms with Crippen molar-refractivity contribution in [1.29, 1.82) is 0 Å². The molecule has 132 valence electrons. The first-order valence-corrected chi connectivity index (χ1v) is 9.05. The molecule has 0 atom stereocenters. The lowest BCUT2D eigenvalue weighted by molar-refractivity contribution is 0.233. The van der Waals surface area contributed by atoms with Crippen molar-refractivity contribution in [3.63, 3.8) is 0 Å². The molecule has 1 aromatic rings. The molecule has 3 rings (SSSR count). The molecule has 0 spiro atoms. The molecule has 24 heavy (non-hydrogen) atoms. The number of urea groups is 1. The molecular formula is C18H29N5O. The number of hydrogen-bond acceptors (Lipinski definition) is 4. The number of nitrogens with one attached hydrogen (secondary N) is 2. The van der Waals surface area contributed by atoms with Crippen LogP contribution in [0.4, 0.5) is 10.6 Å². The van der Waals surface area contributed by atoms with Gasteiger partial charge < -0.3 is 15.5 Å². The van der Waals surface area contributed by atoms with E-state index in [0.717, 1.165) is 44.0 Å². The summed E-state index contributed by atoms with van der Waals surface area (Å²) in [5, 5.41) is 14.7. The van der Waals surface area contributed by atoms with Gasteiger partial charge in [0.2, 0.25) is 0 Å². The van der Waals surface area contributed by atoms with Crippen LogP contribution in [0.3, 0.4) is 0 Å². The highest BCUT2D eigenvalue weighted by atomic mass is 16.2. The SMILES string of the molecule is CC(C)(C)c1ccc(N2CC(CNC(=O)NC3CCCC3)C2)nn1. The fourth-order valence-electron chi connectivity index (χ4n) is 3.32. The summed E-state index contributed by atoms with van der Waals surface area (Å²) in [4.78, 5) is 14.1. The monoisotopic (exact) mass is 331 g/mol. The number of hydrogen-bond donors (Lipinski definition) is 2. The maximum Gasteiger partial charge on any atom is 0.315 e. The van der Waals surface area contributed by atoms with Crippen LogP contribution in [0.2, 0.25) is 0 Å². The molecule has 0 aromatic carbocycles. The van der Waals surface area contributed by atoms with E-state index >= 15 is 0 Å². The number of carbonyl (C=O) groups is 1. The Kier molecular flexibility index (Phi) is 4.92. The summed E-state index contributed by atoms with van der Waals surface area (Å²) in [7, 11) is 0. The third kappa shape index (κ3) is 4.16. The highest BCUT2D eigenvalue weighted by Gasteiger charge is 2.29. The minimum atomic E-state index is -0.0188. The average Bonchev–Trinajstić information content (AvgIpc) is 2.98. The van der Waals surface area contributed by atoms with Crippen LogP contribution >= 0.6 is 0 Å². The summed E-state index contributed by atoms with van der Waals surface area (Å²) in [5.41, 5.74) is 1.04. The molecule has 2 heterocycles. The van der Waals surface area contributed by atoms with Crippen molar-refractivity contribution in [1.82, 2.24) is 20.8 Å². The minimum absolute atomic E-state index is 0.0188. The van der Waals surface area contributed by atoms with Gasteiger partial charge in [-0.25, -0.2) is 4.79 Å². The van der Waals surface area contributed by atoms with Crippen LogP contribution in [0, 0.1) is 5.92 Å². The van der Waals surface area contributed by atoms with Gasteiger partial charge in [0.25, 0.3) is 0 Å². The van der Waals surface area contributed by atoms with Crippen molar-refractivity contribution in [3.8, 4) is 0 Å². The standard InChI is InChI=1S/C18H29N5O/c1-18(2,3)15-8-9-16(22-21-15)23-11-13(12-23)10-19-17(24)20-14-6-4-5-7-14/h8-9,13-14H,4-7,10-12H2,1-3H3,(H2,19,20,24). The van der Waals surface area contributed by atoms with Gasteiger partial charge >= 0.3 is 6.03 Å². The highest BCUT2D eigenvalue weighted by Crippen LogP contribution is 2.24. The fourth-order valence-corrected chi connectivity index (χ4v) is 3.32. The molecule has 1 saturated heterocycles. The number of anilines is 1. The summed E-state index contributed by atoms with van der Waals surface area (Å²) in [6.45, 7) is 8.99. The predicted molar refractivity (Wildman–Crippen MR) is 95.2 cm³/mol. The van der Waals surface area contributed by atoms with Gasteiger partial charge in [-0.05, 0) is 25.0 Å². The van der Waals surface area contributed by atoms with Crippen LogP contribution in [0.25, 0.3) is 0 Å². The topological polar surface area (TPSA) is 70.2 Å². The molecule has 6 heteroatoms. The number of amides is 2. The first-order chi connectivity index (χ1) is 11.4. The zero-order chi connectivity index (χ0) is 17.2. The van der Waals surface area contributed by atoms with Gasteiger partial charge in [0.1, 0.15) is 0 Å². The Labute approximate surface area is 144 Å². The molecule has 1 saturated carbocycles. The third-order valence-electron chi connectivity index (χ3n) is 4.94. The van der Waals surface area contributed by atoms with E-state index in [0.29, 0.717) is 12.0 Å². The molecular weight excluding hydrogens is 302 g/mol. The molecule has 0 unspecified atom stereocenters. The summed E-state index contributed by atoms with van der Waals surface area (Å²) in [5.74, 6) is 1.41. The molecule has 2 fully saturated rings. The molecule has 0 radical (unpaired) electrons. The Morgan fingerprint density at radius 2 is 1.92 bits per heavy atom. The Hall–Kier alpha value is -1.85. The van der Waals surface area contributed by atoms with E-state index in [1.54, 1.807) is 0 Å². The second-order valence-electron chi connectivity index (χ2n) is 8.13. The third-order valence-corrected chi connectivity index (χ3v) is 4.94. The lowest BCUT2D eigenvalue weighted by Crippen LogP contribution is -2.53. The van der Waals surface area contributed by atoms with Crippen molar-refractivity contribution in [2.24, 2.45) is 5.92 Å². The number of nitrogens with zero attached hydrogens (tertiary/aromatic N) is 3. The van der Waals surface area contributed by atoms with E-state index in [4.69, 9.17) is 0 Å². The maximum absolute atomic E-state index is 11.9. The summed E-state index contributed by atoms with van der Waals surface area (Å²) >= 11 is 0. The van der Waals surface area contributed by atoms with Crippen molar-refractivity contribution < 1.29 is 4.79 Å². The summed E-state index contributed by atoms with van der Waals surface area (Å²) in [6, 6.07) is 4.46. The maximum atomic E-state index is 11.9. The van der Waals surface area contributed by atoms with Gasteiger partial charge in [-0.1, -0.05) is 33.6 Å². The number of carbonyl (C=O) groups excluding carboxylic acids is 1. The molecule has 2 amide bonds. The second-order valence-corrected chi connectivity index (χ2v) is 8.13. The fraction of sp³-hybridized carbons (Fsp3) is 0.722. The second kappa shape index (κ2) is 6.95. The van der Waals surface area contributed by atoms with Crippen LogP contribution in [-0.2, 0) is 5.41 Å². The number of aromatic nitrogens is 2. The van der Waals surface area contributed by atoms with Gasteiger partial charge in [-0.15, -0.1) is 5.10 Å². The van der Waals surface area contributed by atoms with Crippen molar-refractivity contribution in [2.75, 3.05) is 24.5 Å². The Balaban J connectivity index is 1.38. The zero-order valence-corrected chi connectivity index (χ0v) is 15.0. The van der Waals surface area contributed by atoms with Crippen LogP contribution in [0.15, 0.2) is 12.1 Å². The van der Waals surface area contributed by atoms with E-state index in [2.05, 4.69) is 52.6 Å². The molecule has 1 aliphatic carbocycles. The highest BCUT2D eigenvalue weighted by molar-refractivity contribution is 5.74. The molecule has 1 aliphatic heterocycles. The summed E-state index contributed by atoms with van der Waals surface area (Å²) in [6.07, 6.45) is 4.71. The van der Waals surface area contributed by atoms with Gasteiger partial charge in [0.05, 0.1) is 5.69 Å². The van der Waals surface area contributed by atoms with Crippen LogP contribution < -0.4 is 15.5 Å². The number of rotatable bonds is 4. The normalized spacial score (nSPS) is 19.2. The van der Waals surface area contributed by atoms with E-state index in [1.807, 2.05) is 6.07 Å². The van der Waals surface area contributed by atoms with Gasteiger partial charge in [0.15, 0.2) is 5.82 Å². The quantitative estimate of drug-likeness (QED) is 0.889. The summed E-state index contributed by atoms with van der Waals surface area (Å²) < 4.78 is 0. The van der Waals surface area contributed by atoms with Crippen molar-refractivity contribution >= 4 is 11.8 Å². The largest absolute Gasteiger partial charge is 0.354 e. The Bertz CT molecular complexity index is 554. The first kappa shape index (κ1) is 17.0.